The van der Waals surface area contributed by atoms with Gasteiger partial charge >= 0.3 is 0 Å². The summed E-state index contributed by atoms with van der Waals surface area (Å²) in [6, 6.07) is 3.71. The molecule has 0 spiro atoms. The summed E-state index contributed by atoms with van der Waals surface area (Å²) < 4.78 is 5.57. The first kappa shape index (κ1) is 11.7. The predicted molar refractivity (Wildman–Crippen MR) is 64.4 cm³/mol. The second-order valence-corrected chi connectivity index (χ2v) is 3.69. The Bertz CT molecular complexity index is 441. The van der Waals surface area contributed by atoms with Crippen molar-refractivity contribution in [2.24, 2.45) is 0 Å². The van der Waals surface area contributed by atoms with E-state index in [1.54, 1.807) is 12.4 Å². The van der Waals surface area contributed by atoms with E-state index in [4.69, 9.17) is 4.42 Å². The Morgan fingerprint density at radius 3 is 2.82 bits per heavy atom. The van der Waals surface area contributed by atoms with Crippen LogP contribution in [0.5, 0.6) is 0 Å². The van der Waals surface area contributed by atoms with Gasteiger partial charge in [0.05, 0.1) is 0 Å². The zero-order chi connectivity index (χ0) is 11.9. The Morgan fingerprint density at radius 1 is 1.24 bits per heavy atom. The minimum absolute atomic E-state index is 0.561. The average molecular weight is 232 g/mol. The van der Waals surface area contributed by atoms with Gasteiger partial charge in [0.1, 0.15) is 0 Å². The van der Waals surface area contributed by atoms with Gasteiger partial charge in [-0.1, -0.05) is 6.92 Å². The highest BCUT2D eigenvalue weighted by Gasteiger charge is 2.07. The summed E-state index contributed by atoms with van der Waals surface area (Å²) in [4.78, 5) is 3.95. The van der Waals surface area contributed by atoms with Crippen LogP contribution in [-0.2, 0) is 6.42 Å². The number of hydrogen-bond acceptors (Lipinski definition) is 5. The van der Waals surface area contributed by atoms with Gasteiger partial charge in [0.15, 0.2) is 0 Å². The molecule has 17 heavy (non-hydrogen) atoms. The number of nitrogens with one attached hydrogen (secondary N) is 1. The molecule has 2 rings (SSSR count). The maximum absolute atomic E-state index is 5.57. The van der Waals surface area contributed by atoms with Crippen LogP contribution in [0.2, 0.25) is 0 Å². The minimum atomic E-state index is 0.561. The molecule has 2 aromatic rings. The lowest BCUT2D eigenvalue weighted by Gasteiger charge is -1.97. The molecular weight excluding hydrogens is 216 g/mol. The minimum Gasteiger partial charge on any atom is -0.421 e. The summed E-state index contributed by atoms with van der Waals surface area (Å²) in [7, 11) is 0. The third-order valence-corrected chi connectivity index (χ3v) is 2.39. The number of nitrogens with zero attached hydrogens (tertiary/aromatic N) is 3. The first-order valence-electron chi connectivity index (χ1n) is 5.83. The fourth-order valence-corrected chi connectivity index (χ4v) is 1.51. The van der Waals surface area contributed by atoms with Gasteiger partial charge in [-0.2, -0.15) is 0 Å². The number of aromatic nitrogens is 3. The maximum Gasteiger partial charge on any atom is 0.247 e. The Morgan fingerprint density at radius 2 is 2.06 bits per heavy atom. The zero-order valence-electron chi connectivity index (χ0n) is 9.89. The fraction of sp³-hybridized carbons (Fsp3) is 0.417. The van der Waals surface area contributed by atoms with Gasteiger partial charge in [0.2, 0.25) is 11.8 Å². The molecule has 0 radical (unpaired) electrons. The summed E-state index contributed by atoms with van der Waals surface area (Å²) in [5.41, 5.74) is 0.908. The third kappa shape index (κ3) is 3.35. The van der Waals surface area contributed by atoms with Crippen LogP contribution in [0.4, 0.5) is 0 Å². The van der Waals surface area contributed by atoms with Gasteiger partial charge in [-0.25, -0.2) is 0 Å². The van der Waals surface area contributed by atoms with E-state index in [0.29, 0.717) is 11.8 Å². The molecule has 0 aliphatic heterocycles. The van der Waals surface area contributed by atoms with Crippen molar-refractivity contribution in [2.45, 2.75) is 19.8 Å². The van der Waals surface area contributed by atoms with Crippen LogP contribution >= 0.6 is 0 Å². The van der Waals surface area contributed by atoms with Gasteiger partial charge in [0, 0.05) is 24.4 Å². The van der Waals surface area contributed by atoms with Crippen molar-refractivity contribution >= 4 is 0 Å². The molecule has 2 aromatic heterocycles. The lowest BCUT2D eigenvalue weighted by molar-refractivity contribution is 0.492. The highest BCUT2D eigenvalue weighted by Crippen LogP contribution is 2.16. The second kappa shape index (κ2) is 6.10. The molecule has 0 saturated heterocycles. The first-order valence-corrected chi connectivity index (χ1v) is 5.83. The zero-order valence-corrected chi connectivity index (χ0v) is 9.89. The SMILES string of the molecule is CCNCCCc1nnc(-c2ccncc2)o1. The van der Waals surface area contributed by atoms with Crippen molar-refractivity contribution in [3.8, 4) is 11.5 Å². The number of pyridine rings is 1. The van der Waals surface area contributed by atoms with Crippen molar-refractivity contribution in [1.29, 1.82) is 0 Å². The van der Waals surface area contributed by atoms with Gasteiger partial charge in [-0.3, -0.25) is 4.98 Å². The van der Waals surface area contributed by atoms with E-state index in [1.165, 1.54) is 0 Å². The second-order valence-electron chi connectivity index (χ2n) is 3.69. The summed E-state index contributed by atoms with van der Waals surface area (Å²) in [5, 5.41) is 11.3. The van der Waals surface area contributed by atoms with E-state index in [2.05, 4.69) is 27.4 Å². The average Bonchev–Trinajstić information content (AvgIpc) is 2.85. The molecule has 0 bridgehead atoms. The monoisotopic (exact) mass is 232 g/mol. The van der Waals surface area contributed by atoms with Crippen LogP contribution in [-0.4, -0.2) is 28.3 Å². The number of aryl methyl sites for hydroxylation is 1. The fourth-order valence-electron chi connectivity index (χ4n) is 1.51. The molecule has 90 valence electrons. The molecule has 2 heterocycles. The maximum atomic E-state index is 5.57. The number of hydrogen-bond donors (Lipinski definition) is 1. The van der Waals surface area contributed by atoms with Crippen molar-refractivity contribution in [1.82, 2.24) is 20.5 Å². The Hall–Kier alpha value is -1.75. The Kier molecular flexibility index (Phi) is 4.21. The normalized spacial score (nSPS) is 10.6. The highest BCUT2D eigenvalue weighted by atomic mass is 16.4. The lowest BCUT2D eigenvalue weighted by Crippen LogP contribution is -2.14. The van der Waals surface area contributed by atoms with E-state index < -0.39 is 0 Å². The molecule has 0 aliphatic rings. The molecule has 5 heteroatoms. The molecule has 0 aromatic carbocycles. The Labute approximate surface area is 100 Å². The van der Waals surface area contributed by atoms with Crippen molar-refractivity contribution < 1.29 is 4.42 Å². The van der Waals surface area contributed by atoms with Crippen molar-refractivity contribution in [3.05, 3.63) is 30.4 Å². The van der Waals surface area contributed by atoms with Crippen LogP contribution in [0.15, 0.2) is 28.9 Å². The van der Waals surface area contributed by atoms with Crippen LogP contribution in [0, 0.1) is 0 Å². The molecule has 1 N–H and O–H groups in total. The van der Waals surface area contributed by atoms with E-state index in [1.807, 2.05) is 12.1 Å². The quantitative estimate of drug-likeness (QED) is 0.767. The van der Waals surface area contributed by atoms with Gasteiger partial charge < -0.3 is 9.73 Å². The van der Waals surface area contributed by atoms with Gasteiger partial charge in [-0.05, 0) is 31.6 Å². The molecule has 0 saturated carbocycles. The third-order valence-electron chi connectivity index (χ3n) is 2.39. The van der Waals surface area contributed by atoms with Gasteiger partial charge in [-0.15, -0.1) is 10.2 Å². The summed E-state index contributed by atoms with van der Waals surface area (Å²) >= 11 is 0. The molecular formula is C12H16N4O. The van der Waals surface area contributed by atoms with Gasteiger partial charge in [0.25, 0.3) is 0 Å². The largest absolute Gasteiger partial charge is 0.421 e. The van der Waals surface area contributed by atoms with E-state index in [9.17, 15) is 0 Å². The summed E-state index contributed by atoms with van der Waals surface area (Å²) in [5.74, 6) is 1.25. The topological polar surface area (TPSA) is 63.8 Å². The van der Waals surface area contributed by atoms with Crippen LogP contribution in [0.3, 0.4) is 0 Å². The molecule has 0 amide bonds. The first-order chi connectivity index (χ1) is 8.40. The number of rotatable bonds is 6. The van der Waals surface area contributed by atoms with Crippen LogP contribution in [0.25, 0.3) is 11.5 Å². The molecule has 0 atom stereocenters. The smallest absolute Gasteiger partial charge is 0.247 e. The standard InChI is InChI=1S/C12H16N4O/c1-2-13-7-3-4-11-15-16-12(17-11)10-5-8-14-9-6-10/h5-6,8-9,13H,2-4,7H2,1H3. The molecule has 5 nitrogen and oxygen atoms in total. The van der Waals surface area contributed by atoms with E-state index in [-0.39, 0.29) is 0 Å². The predicted octanol–water partition coefficient (Wildman–Crippen LogP) is 1.67. The molecule has 0 aliphatic carbocycles. The van der Waals surface area contributed by atoms with Crippen molar-refractivity contribution in [2.75, 3.05) is 13.1 Å². The summed E-state index contributed by atoms with van der Waals surface area (Å²) in [6.07, 6.45) is 5.24. The molecule has 0 fully saturated rings. The van der Waals surface area contributed by atoms with Crippen LogP contribution < -0.4 is 5.32 Å². The van der Waals surface area contributed by atoms with E-state index >= 15 is 0 Å². The molecule has 0 unspecified atom stereocenters. The van der Waals surface area contributed by atoms with E-state index in [0.717, 1.165) is 31.5 Å². The summed E-state index contributed by atoms with van der Waals surface area (Å²) in [6.45, 7) is 4.06. The lowest BCUT2D eigenvalue weighted by atomic mass is 10.3. The Balaban J connectivity index is 1.92. The van der Waals surface area contributed by atoms with Crippen LogP contribution in [0.1, 0.15) is 19.2 Å². The highest BCUT2D eigenvalue weighted by molar-refractivity contribution is 5.50. The van der Waals surface area contributed by atoms with Crippen molar-refractivity contribution in [3.63, 3.8) is 0 Å².